The van der Waals surface area contributed by atoms with E-state index >= 15 is 0 Å². The average molecular weight is 446 g/mol. The lowest BCUT2D eigenvalue weighted by molar-refractivity contribution is -0.969. The van der Waals surface area contributed by atoms with E-state index in [-0.39, 0.29) is 6.10 Å². The number of rotatable bonds is 6. The summed E-state index contributed by atoms with van der Waals surface area (Å²) in [5.41, 5.74) is 1.81. The Morgan fingerprint density at radius 3 is 2.21 bits per heavy atom. The summed E-state index contributed by atoms with van der Waals surface area (Å²) in [5.74, 6) is 0. The highest BCUT2D eigenvalue weighted by molar-refractivity contribution is 6.35. The van der Waals surface area contributed by atoms with E-state index in [1.165, 1.54) is 0 Å². The first-order valence-electron chi connectivity index (χ1n) is 7.97. The third kappa shape index (κ3) is 7.01. The normalized spacial score (nSPS) is 11.4. The third-order valence-corrected chi connectivity index (χ3v) is 4.63. The highest BCUT2D eigenvalue weighted by Crippen LogP contribution is 2.28. The topological polar surface area (TPSA) is 87.6 Å². The molecule has 0 aliphatic carbocycles. The number of halogens is 3. The fourth-order valence-electron chi connectivity index (χ4n) is 2.37. The number of imidazole rings is 1. The van der Waals surface area contributed by atoms with Gasteiger partial charge in [0.25, 0.3) is 0 Å². The van der Waals surface area contributed by atoms with Gasteiger partial charge in [-0.25, -0.2) is 15.4 Å². The zero-order valence-corrected chi connectivity index (χ0v) is 16.7. The Morgan fingerprint density at radius 1 is 1.07 bits per heavy atom. The number of aromatic nitrogens is 2. The number of hydrogen-bond acceptors (Lipinski definition) is 3. The number of nitrogens with zero attached hydrogens (tertiary/aromatic N) is 3. The molecule has 0 saturated heterocycles. The molecule has 1 aromatic heterocycles. The fraction of sp³-hybridized carbons (Fsp3) is 0.167. The molecule has 10 heteroatoms. The van der Waals surface area contributed by atoms with Gasteiger partial charge in [0.1, 0.15) is 11.0 Å². The van der Waals surface area contributed by atoms with Crippen LogP contribution in [0.2, 0.25) is 15.1 Å². The van der Waals surface area contributed by atoms with Crippen molar-refractivity contribution < 1.29 is 20.2 Å². The summed E-state index contributed by atoms with van der Waals surface area (Å²) in [6.45, 7) is 0.949. The number of benzene rings is 2. The molecule has 2 aromatic carbocycles. The molecular weight excluding hydrogens is 429 g/mol. The van der Waals surface area contributed by atoms with Crippen LogP contribution in [0.15, 0.2) is 61.2 Å². The van der Waals surface area contributed by atoms with Crippen LogP contribution in [0.25, 0.3) is 0 Å². The van der Waals surface area contributed by atoms with Gasteiger partial charge in [0.2, 0.25) is 0 Å². The maximum atomic E-state index is 8.47. The molecule has 3 aromatic rings. The Hall–Kier alpha value is -2.32. The highest BCUT2D eigenvalue weighted by Gasteiger charge is 2.15. The molecule has 3 rings (SSSR count). The molecule has 2 N–H and O–H groups in total. The van der Waals surface area contributed by atoms with Crippen LogP contribution in [0, 0.1) is 4.91 Å². The van der Waals surface area contributed by atoms with E-state index in [9.17, 15) is 0 Å². The summed E-state index contributed by atoms with van der Waals surface area (Å²) in [4.78, 5) is 12.5. The van der Waals surface area contributed by atoms with Gasteiger partial charge in [-0.1, -0.05) is 53.0 Å². The van der Waals surface area contributed by atoms with Crippen LogP contribution in [-0.2, 0) is 17.9 Å². The summed E-state index contributed by atoms with van der Waals surface area (Å²) >= 11 is 18.4. The molecule has 0 aliphatic rings. The maximum absolute atomic E-state index is 8.47. The largest absolute Gasteiger partial charge is 0.472 e. The second-order valence-corrected chi connectivity index (χ2v) is 6.81. The van der Waals surface area contributed by atoms with Crippen molar-refractivity contribution >= 4 is 34.8 Å². The van der Waals surface area contributed by atoms with E-state index < -0.39 is 5.09 Å². The SMILES string of the molecule is Clc1ccc(C(Cn2ccnc2)OCc2c(Cl)cccc2Cl)cc1.O=[N+](O)O. The van der Waals surface area contributed by atoms with E-state index in [2.05, 4.69) is 4.98 Å². The van der Waals surface area contributed by atoms with Crippen LogP contribution in [-0.4, -0.2) is 25.1 Å². The Balaban J connectivity index is 0.000000640. The second-order valence-electron chi connectivity index (χ2n) is 5.56. The van der Waals surface area contributed by atoms with E-state index in [0.717, 1.165) is 11.1 Å². The zero-order valence-electron chi connectivity index (χ0n) is 14.5. The maximum Gasteiger partial charge on any atom is 0.472 e. The van der Waals surface area contributed by atoms with Crippen molar-refractivity contribution in [3.05, 3.63) is 92.3 Å². The highest BCUT2D eigenvalue weighted by atomic mass is 35.5. The Kier molecular flexibility index (Phi) is 8.53. The average Bonchev–Trinajstić information content (AvgIpc) is 3.14. The van der Waals surface area contributed by atoms with Gasteiger partial charge >= 0.3 is 5.09 Å². The van der Waals surface area contributed by atoms with E-state index in [4.69, 9.17) is 54.9 Å². The van der Waals surface area contributed by atoms with Gasteiger partial charge in [0.05, 0.1) is 19.5 Å². The van der Waals surface area contributed by atoms with Crippen molar-refractivity contribution in [1.29, 1.82) is 0 Å². The van der Waals surface area contributed by atoms with Crippen molar-refractivity contribution in [3.63, 3.8) is 0 Å². The molecule has 7 nitrogen and oxygen atoms in total. The second kappa shape index (κ2) is 10.9. The summed E-state index contributed by atoms with van der Waals surface area (Å²) in [7, 11) is 0. The standard InChI is InChI=1S/C18H15Cl3N2O.H2NO3/c19-14-6-4-13(5-7-14)18(10-23-9-8-22-12-23)24-11-15-16(20)2-1-3-17(15)21;2-1(3)4/h1-9,12,18H,10-11H2;(H2,2,3,4)/q;+1. The van der Waals surface area contributed by atoms with Crippen LogP contribution in [0.3, 0.4) is 0 Å². The number of hydrogen-bond donors (Lipinski definition) is 2. The van der Waals surface area contributed by atoms with E-state index in [1.807, 2.05) is 41.1 Å². The Bertz CT molecular complexity index is 865. The molecule has 28 heavy (non-hydrogen) atoms. The Labute approximate surface area is 176 Å². The molecular formula is C18H17Cl3N3O4+. The van der Waals surface area contributed by atoms with Gasteiger partial charge in [0.15, 0.2) is 0 Å². The lowest BCUT2D eigenvalue weighted by Gasteiger charge is -2.20. The molecule has 1 heterocycles. The van der Waals surface area contributed by atoms with Crippen LogP contribution in [0.4, 0.5) is 0 Å². The van der Waals surface area contributed by atoms with Gasteiger partial charge < -0.3 is 9.30 Å². The van der Waals surface area contributed by atoms with Crippen LogP contribution in [0.5, 0.6) is 0 Å². The summed E-state index contributed by atoms with van der Waals surface area (Å²) < 4.78 is 8.09. The van der Waals surface area contributed by atoms with Crippen molar-refractivity contribution in [2.45, 2.75) is 19.3 Å². The van der Waals surface area contributed by atoms with Crippen molar-refractivity contribution in [2.75, 3.05) is 0 Å². The molecule has 1 unspecified atom stereocenters. The Morgan fingerprint density at radius 2 is 1.68 bits per heavy atom. The molecule has 0 radical (unpaired) electrons. The molecule has 0 fully saturated rings. The molecule has 1 atom stereocenters. The predicted octanol–water partition coefficient (Wildman–Crippen LogP) is 5.35. The van der Waals surface area contributed by atoms with Crippen LogP contribution < -0.4 is 0 Å². The van der Waals surface area contributed by atoms with Gasteiger partial charge in [-0.2, -0.15) is 0 Å². The predicted molar refractivity (Wildman–Crippen MR) is 105 cm³/mol. The quantitative estimate of drug-likeness (QED) is 0.500. The van der Waals surface area contributed by atoms with Crippen LogP contribution >= 0.6 is 34.8 Å². The lowest BCUT2D eigenvalue weighted by Crippen LogP contribution is -2.12. The molecule has 0 amide bonds. The van der Waals surface area contributed by atoms with E-state index in [0.29, 0.717) is 28.2 Å². The monoisotopic (exact) mass is 444 g/mol. The van der Waals surface area contributed by atoms with Crippen molar-refractivity contribution in [2.24, 2.45) is 0 Å². The molecule has 0 saturated carbocycles. The molecule has 0 spiro atoms. The summed E-state index contributed by atoms with van der Waals surface area (Å²) in [6.07, 6.45) is 5.22. The first kappa shape index (κ1) is 22.0. The molecule has 148 valence electrons. The number of ether oxygens (including phenoxy) is 1. The summed E-state index contributed by atoms with van der Waals surface area (Å²) in [5, 5.41) is 14.4. The first-order chi connectivity index (χ1) is 13.4. The zero-order chi connectivity index (χ0) is 20.5. The van der Waals surface area contributed by atoms with Gasteiger partial charge in [0, 0.05) is 33.0 Å². The molecule has 0 aliphatic heterocycles. The molecule has 0 bridgehead atoms. The minimum absolute atomic E-state index is 0.177. The van der Waals surface area contributed by atoms with Crippen molar-refractivity contribution in [1.82, 2.24) is 9.55 Å². The first-order valence-corrected chi connectivity index (χ1v) is 9.11. The summed E-state index contributed by atoms with van der Waals surface area (Å²) in [6, 6.07) is 13.0. The van der Waals surface area contributed by atoms with Gasteiger partial charge in [-0.3, -0.25) is 0 Å². The lowest BCUT2D eigenvalue weighted by atomic mass is 10.1. The van der Waals surface area contributed by atoms with Crippen LogP contribution in [0.1, 0.15) is 17.2 Å². The minimum atomic E-state index is -1.25. The van der Waals surface area contributed by atoms with Gasteiger partial charge in [-0.15, -0.1) is 0 Å². The van der Waals surface area contributed by atoms with Gasteiger partial charge in [-0.05, 0) is 29.8 Å². The minimum Gasteiger partial charge on any atom is -0.367 e. The smallest absolute Gasteiger partial charge is 0.367 e. The van der Waals surface area contributed by atoms with Crippen molar-refractivity contribution in [3.8, 4) is 0 Å². The third-order valence-electron chi connectivity index (χ3n) is 3.67. The fourth-order valence-corrected chi connectivity index (χ4v) is 3.00. The van der Waals surface area contributed by atoms with E-state index in [1.54, 1.807) is 24.7 Å².